The van der Waals surface area contributed by atoms with Crippen LogP contribution in [-0.2, 0) is 0 Å². The first-order chi connectivity index (χ1) is 10.3. The van der Waals surface area contributed by atoms with Crippen LogP contribution in [0.5, 0.6) is 5.75 Å². The Labute approximate surface area is 128 Å². The number of nitrogens with one attached hydrogen (secondary N) is 1. The zero-order valence-electron chi connectivity index (χ0n) is 13.2. The molecule has 3 aliphatic heterocycles. The van der Waals surface area contributed by atoms with Crippen LogP contribution >= 0.6 is 0 Å². The molecular formula is C17H27N3O. The van der Waals surface area contributed by atoms with Gasteiger partial charge in [-0.15, -0.1) is 0 Å². The molecule has 2 unspecified atom stereocenters. The zero-order chi connectivity index (χ0) is 14.7. The average Bonchev–Trinajstić information content (AvgIpc) is 2.57. The van der Waals surface area contributed by atoms with Crippen molar-refractivity contribution in [3.05, 3.63) is 29.8 Å². The van der Waals surface area contributed by atoms with Gasteiger partial charge < -0.3 is 10.1 Å². The van der Waals surface area contributed by atoms with E-state index >= 15 is 0 Å². The molecule has 0 spiro atoms. The van der Waals surface area contributed by atoms with E-state index in [9.17, 15) is 0 Å². The van der Waals surface area contributed by atoms with Gasteiger partial charge in [0.1, 0.15) is 5.75 Å². The van der Waals surface area contributed by atoms with Gasteiger partial charge >= 0.3 is 0 Å². The lowest BCUT2D eigenvalue weighted by atomic mass is 9.93. The topological polar surface area (TPSA) is 27.7 Å². The van der Waals surface area contributed by atoms with Crippen LogP contribution in [0.1, 0.15) is 24.9 Å². The molecule has 116 valence electrons. The minimum Gasteiger partial charge on any atom is -0.496 e. The molecule has 4 rings (SSSR count). The molecule has 3 aliphatic rings. The molecule has 0 aromatic heterocycles. The van der Waals surface area contributed by atoms with E-state index in [2.05, 4.69) is 46.3 Å². The highest BCUT2D eigenvalue weighted by Crippen LogP contribution is 2.32. The summed E-state index contributed by atoms with van der Waals surface area (Å²) in [5.74, 6) is 1.00. The molecule has 0 amide bonds. The Morgan fingerprint density at radius 2 is 2.00 bits per heavy atom. The molecule has 0 aliphatic carbocycles. The van der Waals surface area contributed by atoms with Gasteiger partial charge in [0, 0.05) is 44.3 Å². The van der Waals surface area contributed by atoms with E-state index in [-0.39, 0.29) is 0 Å². The second-order valence-electron chi connectivity index (χ2n) is 6.08. The Morgan fingerprint density at radius 1 is 1.24 bits per heavy atom. The average molecular weight is 289 g/mol. The Balaban J connectivity index is 1.86. The smallest absolute Gasteiger partial charge is 0.123 e. The number of methoxy groups -OCH3 is 1. The van der Waals surface area contributed by atoms with Crippen LogP contribution in [0.2, 0.25) is 0 Å². The Hall–Kier alpha value is -1.10. The number of ether oxygens (including phenoxy) is 1. The minimum atomic E-state index is 0.351. The molecule has 4 nitrogen and oxygen atoms in total. The third-order valence-corrected chi connectivity index (χ3v) is 4.79. The normalized spacial score (nSPS) is 29.3. The lowest BCUT2D eigenvalue weighted by Crippen LogP contribution is -2.64. The summed E-state index contributed by atoms with van der Waals surface area (Å²) in [6.45, 7) is 9.29. The molecule has 2 atom stereocenters. The van der Waals surface area contributed by atoms with E-state index in [1.807, 2.05) is 0 Å². The standard InChI is InChI=1S/C17H27N3O/c1-3-8-18-17(14-6-4-5-7-16(14)21-2)15-13-19-9-11-20(15)12-10-19/h4-7,15,17-18H,3,8-13H2,1-2H3. The van der Waals surface area contributed by atoms with Gasteiger partial charge in [0.05, 0.1) is 13.2 Å². The fourth-order valence-corrected chi connectivity index (χ4v) is 3.65. The highest BCUT2D eigenvalue weighted by Gasteiger charge is 2.37. The van der Waals surface area contributed by atoms with Crippen molar-refractivity contribution >= 4 is 0 Å². The summed E-state index contributed by atoms with van der Waals surface area (Å²) in [6, 6.07) is 9.36. The van der Waals surface area contributed by atoms with Crippen LogP contribution in [-0.4, -0.2) is 62.2 Å². The van der Waals surface area contributed by atoms with E-state index in [0.717, 1.165) is 18.7 Å². The fourth-order valence-electron chi connectivity index (χ4n) is 3.65. The maximum Gasteiger partial charge on any atom is 0.123 e. The number of piperazine rings is 3. The van der Waals surface area contributed by atoms with E-state index < -0.39 is 0 Å². The van der Waals surface area contributed by atoms with Crippen molar-refractivity contribution in [3.63, 3.8) is 0 Å². The van der Waals surface area contributed by atoms with Crippen molar-refractivity contribution in [2.24, 2.45) is 0 Å². The third kappa shape index (κ3) is 3.07. The van der Waals surface area contributed by atoms with Crippen LogP contribution in [0.3, 0.4) is 0 Å². The maximum atomic E-state index is 5.61. The number of nitrogens with zero attached hydrogens (tertiary/aromatic N) is 2. The summed E-state index contributed by atoms with van der Waals surface area (Å²) in [6.07, 6.45) is 1.15. The molecule has 21 heavy (non-hydrogen) atoms. The fraction of sp³-hybridized carbons (Fsp3) is 0.647. The Bertz CT molecular complexity index is 457. The number of fused-ring (bicyclic) bond motifs is 3. The van der Waals surface area contributed by atoms with E-state index in [0.29, 0.717) is 12.1 Å². The van der Waals surface area contributed by atoms with Crippen molar-refractivity contribution in [2.45, 2.75) is 25.4 Å². The van der Waals surface area contributed by atoms with Crippen LogP contribution < -0.4 is 10.1 Å². The van der Waals surface area contributed by atoms with Crippen molar-refractivity contribution in [1.82, 2.24) is 15.1 Å². The first-order valence-corrected chi connectivity index (χ1v) is 8.16. The van der Waals surface area contributed by atoms with Gasteiger partial charge in [-0.1, -0.05) is 25.1 Å². The van der Waals surface area contributed by atoms with E-state index in [1.165, 1.54) is 38.3 Å². The van der Waals surface area contributed by atoms with Gasteiger partial charge in [0.15, 0.2) is 0 Å². The zero-order valence-corrected chi connectivity index (χ0v) is 13.2. The molecule has 3 fully saturated rings. The van der Waals surface area contributed by atoms with Crippen LogP contribution in [0.15, 0.2) is 24.3 Å². The van der Waals surface area contributed by atoms with Gasteiger partial charge in [0.25, 0.3) is 0 Å². The maximum absolute atomic E-state index is 5.61. The second-order valence-corrected chi connectivity index (χ2v) is 6.08. The molecule has 1 aromatic rings. The van der Waals surface area contributed by atoms with Crippen molar-refractivity contribution < 1.29 is 4.74 Å². The summed E-state index contributed by atoms with van der Waals surface area (Å²) in [5, 5.41) is 3.77. The summed E-state index contributed by atoms with van der Waals surface area (Å²) in [4.78, 5) is 5.25. The van der Waals surface area contributed by atoms with Crippen LogP contribution in [0.4, 0.5) is 0 Å². The highest BCUT2D eigenvalue weighted by atomic mass is 16.5. The quantitative estimate of drug-likeness (QED) is 0.863. The van der Waals surface area contributed by atoms with Crippen molar-refractivity contribution in [1.29, 1.82) is 0 Å². The van der Waals surface area contributed by atoms with Gasteiger partial charge in [-0.2, -0.15) is 0 Å². The number of hydrogen-bond acceptors (Lipinski definition) is 4. The molecule has 2 bridgehead atoms. The van der Waals surface area contributed by atoms with Crippen molar-refractivity contribution in [2.75, 3.05) is 46.4 Å². The van der Waals surface area contributed by atoms with Gasteiger partial charge in [-0.25, -0.2) is 0 Å². The largest absolute Gasteiger partial charge is 0.496 e. The number of rotatable bonds is 6. The first kappa shape index (κ1) is 14.8. The molecule has 1 aromatic carbocycles. The molecule has 1 N–H and O–H groups in total. The second kappa shape index (κ2) is 6.77. The number of hydrogen-bond donors (Lipinski definition) is 1. The summed E-state index contributed by atoms with van der Waals surface area (Å²) >= 11 is 0. The summed E-state index contributed by atoms with van der Waals surface area (Å²) in [7, 11) is 1.77. The number of benzene rings is 1. The predicted molar refractivity (Wildman–Crippen MR) is 85.8 cm³/mol. The third-order valence-electron chi connectivity index (χ3n) is 4.79. The molecule has 4 heteroatoms. The lowest BCUT2D eigenvalue weighted by molar-refractivity contribution is -0.00395. The molecule has 3 saturated heterocycles. The summed E-state index contributed by atoms with van der Waals surface area (Å²) < 4.78 is 5.61. The van der Waals surface area contributed by atoms with Gasteiger partial charge in [0.2, 0.25) is 0 Å². The Morgan fingerprint density at radius 3 is 2.62 bits per heavy atom. The minimum absolute atomic E-state index is 0.351. The lowest BCUT2D eigenvalue weighted by Gasteiger charge is -2.50. The van der Waals surface area contributed by atoms with Crippen LogP contribution in [0.25, 0.3) is 0 Å². The van der Waals surface area contributed by atoms with E-state index in [1.54, 1.807) is 7.11 Å². The monoisotopic (exact) mass is 289 g/mol. The van der Waals surface area contributed by atoms with Crippen molar-refractivity contribution in [3.8, 4) is 5.75 Å². The Kier molecular flexibility index (Phi) is 4.78. The molecule has 0 radical (unpaired) electrons. The van der Waals surface area contributed by atoms with E-state index in [4.69, 9.17) is 4.74 Å². The van der Waals surface area contributed by atoms with Gasteiger partial charge in [-0.3, -0.25) is 9.80 Å². The highest BCUT2D eigenvalue weighted by molar-refractivity contribution is 5.37. The predicted octanol–water partition coefficient (Wildman–Crippen LogP) is 1.74. The van der Waals surface area contributed by atoms with Gasteiger partial charge in [-0.05, 0) is 19.0 Å². The SMILES string of the molecule is CCCNC(c1ccccc1OC)C1CN2CCN1CC2. The molecule has 3 heterocycles. The summed E-state index contributed by atoms with van der Waals surface area (Å²) in [5.41, 5.74) is 1.30. The molecular weight excluding hydrogens is 262 g/mol. The van der Waals surface area contributed by atoms with Crippen LogP contribution in [0, 0.1) is 0 Å². The molecule has 0 saturated carbocycles. The first-order valence-electron chi connectivity index (χ1n) is 8.16. The number of para-hydroxylation sites is 1.